The maximum absolute atomic E-state index is 12.2. The van der Waals surface area contributed by atoms with Crippen LogP contribution >= 0.6 is 11.6 Å². The Morgan fingerprint density at radius 1 is 1.25 bits per heavy atom. The van der Waals surface area contributed by atoms with E-state index in [1.54, 1.807) is 30.3 Å². The zero-order valence-electron chi connectivity index (χ0n) is 12.4. The Labute approximate surface area is 142 Å². The van der Waals surface area contributed by atoms with Crippen LogP contribution in [0.15, 0.2) is 42.6 Å². The van der Waals surface area contributed by atoms with Crippen LogP contribution in [0.25, 0.3) is 0 Å². The molecule has 0 bridgehead atoms. The number of carbonyl (C=O) groups excluding carboxylic acids is 3. The molecule has 1 aliphatic heterocycles. The first-order valence-electron chi connectivity index (χ1n) is 7.15. The van der Waals surface area contributed by atoms with Gasteiger partial charge in [0.25, 0.3) is 5.91 Å². The van der Waals surface area contributed by atoms with Gasteiger partial charge < -0.3 is 16.0 Å². The number of aromatic nitrogens is 1. The van der Waals surface area contributed by atoms with E-state index >= 15 is 0 Å². The molecule has 24 heavy (non-hydrogen) atoms. The van der Waals surface area contributed by atoms with Crippen molar-refractivity contribution in [2.45, 2.75) is 12.5 Å². The maximum Gasteiger partial charge on any atom is 0.254 e. The molecule has 3 N–H and O–H groups in total. The second-order valence-electron chi connectivity index (χ2n) is 5.17. The highest BCUT2D eigenvalue weighted by Crippen LogP contribution is 2.19. The molecular weight excluding hydrogens is 332 g/mol. The van der Waals surface area contributed by atoms with E-state index in [1.807, 2.05) is 0 Å². The van der Waals surface area contributed by atoms with E-state index in [0.717, 1.165) is 0 Å². The largest absolute Gasteiger partial charge is 0.340 e. The minimum atomic E-state index is -0.982. The Hall–Kier alpha value is -2.93. The predicted octanol–water partition coefficient (Wildman–Crippen LogP) is 1.81. The van der Waals surface area contributed by atoms with Gasteiger partial charge in [0.1, 0.15) is 11.9 Å². The molecule has 122 valence electrons. The number of nitrogens with zero attached hydrogens (tertiary/aromatic N) is 1. The number of para-hydroxylation sites is 1. The van der Waals surface area contributed by atoms with E-state index in [-0.39, 0.29) is 12.2 Å². The van der Waals surface area contributed by atoms with Gasteiger partial charge >= 0.3 is 0 Å². The molecule has 0 fully saturated rings. The van der Waals surface area contributed by atoms with Gasteiger partial charge in [-0.15, -0.1) is 0 Å². The summed E-state index contributed by atoms with van der Waals surface area (Å²) in [4.78, 5) is 40.5. The third-order valence-electron chi connectivity index (χ3n) is 3.43. The molecule has 2 heterocycles. The molecule has 0 spiro atoms. The first-order valence-corrected chi connectivity index (χ1v) is 7.53. The zero-order valence-corrected chi connectivity index (χ0v) is 13.1. The summed E-state index contributed by atoms with van der Waals surface area (Å²) < 4.78 is 0. The Kier molecular flexibility index (Phi) is 4.43. The minimum absolute atomic E-state index is 0.222. The highest BCUT2D eigenvalue weighted by Gasteiger charge is 2.29. The fourth-order valence-corrected chi connectivity index (χ4v) is 2.47. The van der Waals surface area contributed by atoms with E-state index in [9.17, 15) is 14.4 Å². The lowest BCUT2D eigenvalue weighted by Gasteiger charge is -2.14. The standard InChI is InChI=1S/C16H13ClN4O3/c17-9-5-6-18-13(7-9)21-14(22)8-12-16(24)19-11-4-2-1-3-10(11)15(23)20-12/h1-7,12H,8H2,(H,19,24)(H,20,23)(H,18,21,22)/t12-/m1/s1. The molecule has 0 saturated heterocycles. The van der Waals surface area contributed by atoms with Crippen molar-refractivity contribution in [2.75, 3.05) is 10.6 Å². The second kappa shape index (κ2) is 6.67. The van der Waals surface area contributed by atoms with Crippen LogP contribution in [0.3, 0.4) is 0 Å². The topological polar surface area (TPSA) is 100 Å². The number of pyridine rings is 1. The molecule has 3 rings (SSSR count). The van der Waals surface area contributed by atoms with E-state index < -0.39 is 23.8 Å². The van der Waals surface area contributed by atoms with Gasteiger partial charge in [-0.2, -0.15) is 0 Å². The number of rotatable bonds is 3. The fraction of sp³-hybridized carbons (Fsp3) is 0.125. The molecular formula is C16H13ClN4O3. The van der Waals surface area contributed by atoms with E-state index in [0.29, 0.717) is 16.3 Å². The molecule has 0 aliphatic carbocycles. The molecule has 7 nitrogen and oxygen atoms in total. The normalized spacial score (nSPS) is 16.5. The lowest BCUT2D eigenvalue weighted by Crippen LogP contribution is -2.43. The van der Waals surface area contributed by atoms with Crippen LogP contribution in [0.4, 0.5) is 11.5 Å². The maximum atomic E-state index is 12.2. The van der Waals surface area contributed by atoms with Gasteiger partial charge in [-0.25, -0.2) is 4.98 Å². The van der Waals surface area contributed by atoms with Crippen LogP contribution in [0.2, 0.25) is 5.02 Å². The van der Waals surface area contributed by atoms with Crippen LogP contribution < -0.4 is 16.0 Å². The summed E-state index contributed by atoms with van der Waals surface area (Å²) in [7, 11) is 0. The highest BCUT2D eigenvalue weighted by atomic mass is 35.5. The summed E-state index contributed by atoms with van der Waals surface area (Å²) in [5, 5.41) is 8.17. The van der Waals surface area contributed by atoms with Gasteiger partial charge in [-0.1, -0.05) is 23.7 Å². The first-order chi connectivity index (χ1) is 11.5. The van der Waals surface area contributed by atoms with Crippen molar-refractivity contribution in [3.63, 3.8) is 0 Å². The van der Waals surface area contributed by atoms with Crippen LogP contribution in [-0.2, 0) is 9.59 Å². The van der Waals surface area contributed by atoms with Crippen molar-refractivity contribution < 1.29 is 14.4 Å². The monoisotopic (exact) mass is 344 g/mol. The summed E-state index contributed by atoms with van der Waals surface area (Å²) in [5.74, 6) is -1.06. The number of anilines is 2. The third kappa shape index (κ3) is 3.52. The number of hydrogen-bond acceptors (Lipinski definition) is 4. The summed E-state index contributed by atoms with van der Waals surface area (Å²) in [5.41, 5.74) is 0.768. The number of fused-ring (bicyclic) bond motifs is 1. The molecule has 0 unspecified atom stereocenters. The van der Waals surface area contributed by atoms with Gasteiger partial charge in [0.15, 0.2) is 0 Å². The molecule has 3 amide bonds. The fourth-order valence-electron chi connectivity index (χ4n) is 2.31. The van der Waals surface area contributed by atoms with Crippen molar-refractivity contribution in [3.05, 3.63) is 53.2 Å². The highest BCUT2D eigenvalue weighted by molar-refractivity contribution is 6.30. The number of hydrogen-bond donors (Lipinski definition) is 3. The van der Waals surface area contributed by atoms with Crippen molar-refractivity contribution in [2.24, 2.45) is 0 Å². The number of carbonyl (C=O) groups is 3. The molecule has 0 radical (unpaired) electrons. The van der Waals surface area contributed by atoms with Crippen molar-refractivity contribution >= 4 is 40.8 Å². The van der Waals surface area contributed by atoms with Crippen LogP contribution in [-0.4, -0.2) is 28.7 Å². The summed E-state index contributed by atoms with van der Waals surface area (Å²) in [6.07, 6.45) is 1.23. The lowest BCUT2D eigenvalue weighted by atomic mass is 10.1. The average Bonchev–Trinajstić information content (AvgIpc) is 2.65. The number of amides is 3. The number of nitrogens with one attached hydrogen (secondary N) is 3. The Morgan fingerprint density at radius 2 is 2.04 bits per heavy atom. The number of benzene rings is 1. The van der Waals surface area contributed by atoms with Crippen LogP contribution in [0.1, 0.15) is 16.8 Å². The van der Waals surface area contributed by atoms with E-state index in [1.165, 1.54) is 12.3 Å². The molecule has 2 aromatic rings. The van der Waals surface area contributed by atoms with E-state index in [4.69, 9.17) is 11.6 Å². The molecule has 0 saturated carbocycles. The molecule has 1 aromatic carbocycles. The van der Waals surface area contributed by atoms with Gasteiger partial charge in [-0.3, -0.25) is 14.4 Å². The minimum Gasteiger partial charge on any atom is -0.340 e. The zero-order chi connectivity index (χ0) is 17.1. The quantitative estimate of drug-likeness (QED) is 0.790. The SMILES string of the molecule is O=C(C[C@H]1NC(=O)c2ccccc2NC1=O)Nc1cc(Cl)ccn1. The summed E-state index contributed by atoms with van der Waals surface area (Å²) in [6.45, 7) is 0. The summed E-state index contributed by atoms with van der Waals surface area (Å²) >= 11 is 5.82. The van der Waals surface area contributed by atoms with Crippen LogP contribution in [0.5, 0.6) is 0 Å². The van der Waals surface area contributed by atoms with Crippen molar-refractivity contribution in [3.8, 4) is 0 Å². The van der Waals surface area contributed by atoms with Crippen molar-refractivity contribution in [1.29, 1.82) is 0 Å². The Morgan fingerprint density at radius 3 is 2.83 bits per heavy atom. The first kappa shape index (κ1) is 15.9. The van der Waals surface area contributed by atoms with E-state index in [2.05, 4.69) is 20.9 Å². The molecule has 1 aliphatic rings. The smallest absolute Gasteiger partial charge is 0.254 e. The number of halogens is 1. The molecule has 1 aromatic heterocycles. The van der Waals surface area contributed by atoms with Gasteiger partial charge in [0, 0.05) is 11.2 Å². The second-order valence-corrected chi connectivity index (χ2v) is 5.61. The predicted molar refractivity (Wildman–Crippen MR) is 88.8 cm³/mol. The van der Waals surface area contributed by atoms with Gasteiger partial charge in [0.2, 0.25) is 11.8 Å². The molecule has 1 atom stereocenters. The van der Waals surface area contributed by atoms with Gasteiger partial charge in [-0.05, 0) is 24.3 Å². The summed E-state index contributed by atoms with van der Waals surface area (Å²) in [6, 6.07) is 8.72. The Bertz CT molecular complexity index is 824. The lowest BCUT2D eigenvalue weighted by molar-refractivity contribution is -0.122. The third-order valence-corrected chi connectivity index (χ3v) is 3.67. The molecule has 8 heteroatoms. The van der Waals surface area contributed by atoms with Crippen molar-refractivity contribution in [1.82, 2.24) is 10.3 Å². The average molecular weight is 345 g/mol. The Balaban J connectivity index is 1.70. The van der Waals surface area contributed by atoms with Crippen LogP contribution in [0, 0.1) is 0 Å². The van der Waals surface area contributed by atoms with Gasteiger partial charge in [0.05, 0.1) is 17.7 Å².